The van der Waals surface area contributed by atoms with Gasteiger partial charge in [0.2, 0.25) is 0 Å². The van der Waals surface area contributed by atoms with Crippen LogP contribution < -0.4 is 15.0 Å². The number of hydrogen-bond donors (Lipinski definition) is 1. The van der Waals surface area contributed by atoms with Gasteiger partial charge in [0.15, 0.2) is 0 Å². The first kappa shape index (κ1) is 18.9. The predicted molar refractivity (Wildman–Crippen MR) is 117 cm³/mol. The highest BCUT2D eigenvalue weighted by Gasteiger charge is 2.22. The highest BCUT2D eigenvalue weighted by molar-refractivity contribution is 5.89. The van der Waals surface area contributed by atoms with E-state index in [0.29, 0.717) is 13.1 Å². The number of benzene rings is 3. The second-order valence-corrected chi connectivity index (χ2v) is 7.13. The number of hydrogen-bond acceptors (Lipinski definition) is 3. The topological polar surface area (TPSA) is 44.8 Å². The Morgan fingerprint density at radius 3 is 2.10 bits per heavy atom. The molecule has 0 aromatic heterocycles. The summed E-state index contributed by atoms with van der Waals surface area (Å²) in [7, 11) is 0. The van der Waals surface area contributed by atoms with Gasteiger partial charge < -0.3 is 19.9 Å². The molecule has 0 spiro atoms. The van der Waals surface area contributed by atoms with Crippen LogP contribution in [-0.2, 0) is 0 Å². The summed E-state index contributed by atoms with van der Waals surface area (Å²) in [4.78, 5) is 16.8. The maximum atomic E-state index is 12.6. The molecule has 2 amide bonds. The van der Waals surface area contributed by atoms with Crippen molar-refractivity contribution in [2.45, 2.75) is 6.92 Å². The molecular weight excluding hydrogens is 362 g/mol. The maximum Gasteiger partial charge on any atom is 0.321 e. The Kier molecular flexibility index (Phi) is 5.66. The van der Waals surface area contributed by atoms with Crippen molar-refractivity contribution in [3.63, 3.8) is 0 Å². The second-order valence-electron chi connectivity index (χ2n) is 7.13. The van der Waals surface area contributed by atoms with Gasteiger partial charge in [0.25, 0.3) is 0 Å². The molecule has 29 heavy (non-hydrogen) atoms. The number of nitrogens with zero attached hydrogens (tertiary/aromatic N) is 2. The van der Waals surface area contributed by atoms with Crippen LogP contribution in [0.15, 0.2) is 78.9 Å². The summed E-state index contributed by atoms with van der Waals surface area (Å²) in [6, 6.07) is 25.4. The van der Waals surface area contributed by atoms with Crippen LogP contribution in [0.1, 0.15) is 5.56 Å². The maximum absolute atomic E-state index is 12.6. The Morgan fingerprint density at radius 2 is 1.41 bits per heavy atom. The molecule has 0 saturated carbocycles. The van der Waals surface area contributed by atoms with Crippen LogP contribution in [0.3, 0.4) is 0 Å². The van der Waals surface area contributed by atoms with Gasteiger partial charge in [-0.1, -0.05) is 36.4 Å². The SMILES string of the molecule is Cc1ccccc1N1CCN(C(=O)Nc2ccc(Oc3ccccc3)cc2)CC1. The Morgan fingerprint density at radius 1 is 0.793 bits per heavy atom. The van der Waals surface area contributed by atoms with Gasteiger partial charge in [-0.2, -0.15) is 0 Å². The van der Waals surface area contributed by atoms with Crippen molar-refractivity contribution in [2.75, 3.05) is 36.4 Å². The first-order chi connectivity index (χ1) is 14.2. The highest BCUT2D eigenvalue weighted by atomic mass is 16.5. The molecule has 0 unspecified atom stereocenters. The molecule has 3 aromatic carbocycles. The molecule has 3 aromatic rings. The van der Waals surface area contributed by atoms with Crippen LogP contribution in [0.5, 0.6) is 11.5 Å². The smallest absolute Gasteiger partial charge is 0.321 e. The largest absolute Gasteiger partial charge is 0.457 e. The van der Waals surface area contributed by atoms with Crippen LogP contribution in [0.25, 0.3) is 0 Å². The summed E-state index contributed by atoms with van der Waals surface area (Å²) >= 11 is 0. The van der Waals surface area contributed by atoms with Crippen LogP contribution in [-0.4, -0.2) is 37.1 Å². The van der Waals surface area contributed by atoms with Crippen LogP contribution >= 0.6 is 0 Å². The summed E-state index contributed by atoms with van der Waals surface area (Å²) in [5.74, 6) is 1.52. The van der Waals surface area contributed by atoms with Gasteiger partial charge in [0, 0.05) is 37.6 Å². The van der Waals surface area contributed by atoms with E-state index in [2.05, 4.69) is 41.4 Å². The molecule has 1 fully saturated rings. The van der Waals surface area contributed by atoms with E-state index < -0.39 is 0 Å². The lowest BCUT2D eigenvalue weighted by molar-refractivity contribution is 0.208. The number of ether oxygens (including phenoxy) is 1. The van der Waals surface area contributed by atoms with E-state index in [1.165, 1.54) is 11.3 Å². The number of anilines is 2. The van der Waals surface area contributed by atoms with Crippen molar-refractivity contribution >= 4 is 17.4 Å². The molecule has 1 N–H and O–H groups in total. The summed E-state index contributed by atoms with van der Waals surface area (Å²) in [6.07, 6.45) is 0. The molecule has 1 aliphatic rings. The number of rotatable bonds is 4. The van der Waals surface area contributed by atoms with Crippen molar-refractivity contribution in [1.29, 1.82) is 0 Å². The summed E-state index contributed by atoms with van der Waals surface area (Å²) in [5.41, 5.74) is 3.28. The predicted octanol–water partition coefficient (Wildman–Crippen LogP) is 5.14. The molecule has 1 heterocycles. The highest BCUT2D eigenvalue weighted by Crippen LogP contribution is 2.23. The fourth-order valence-electron chi connectivity index (χ4n) is 3.50. The Balaban J connectivity index is 1.30. The molecule has 0 aliphatic carbocycles. The molecule has 1 saturated heterocycles. The lowest BCUT2D eigenvalue weighted by atomic mass is 10.1. The first-order valence-corrected chi connectivity index (χ1v) is 9.88. The lowest BCUT2D eigenvalue weighted by Gasteiger charge is -2.36. The van der Waals surface area contributed by atoms with Gasteiger partial charge in [-0.25, -0.2) is 4.79 Å². The molecule has 5 nitrogen and oxygen atoms in total. The molecule has 0 radical (unpaired) electrons. The van der Waals surface area contributed by atoms with Crippen LogP contribution in [0.4, 0.5) is 16.2 Å². The third-order valence-electron chi connectivity index (χ3n) is 5.11. The Hall–Kier alpha value is -3.47. The van der Waals surface area contributed by atoms with Gasteiger partial charge in [-0.05, 0) is 55.0 Å². The number of piperazine rings is 1. The van der Waals surface area contributed by atoms with Crippen LogP contribution in [0, 0.1) is 6.92 Å². The van der Waals surface area contributed by atoms with E-state index in [1.807, 2.05) is 59.5 Å². The standard InChI is InChI=1S/C24H25N3O2/c1-19-7-5-6-10-23(19)26-15-17-27(18-16-26)24(28)25-20-11-13-22(14-12-20)29-21-8-3-2-4-9-21/h2-14H,15-18H2,1H3,(H,25,28). The van der Waals surface area contributed by atoms with E-state index in [0.717, 1.165) is 30.3 Å². The molecular formula is C24H25N3O2. The van der Waals surface area contributed by atoms with Crippen molar-refractivity contribution in [3.05, 3.63) is 84.4 Å². The zero-order valence-corrected chi connectivity index (χ0v) is 16.5. The number of para-hydroxylation sites is 2. The van der Waals surface area contributed by atoms with E-state index in [-0.39, 0.29) is 6.03 Å². The van der Waals surface area contributed by atoms with Gasteiger partial charge >= 0.3 is 6.03 Å². The quantitative estimate of drug-likeness (QED) is 0.674. The number of carbonyl (C=O) groups excluding carboxylic acids is 1. The molecule has 5 heteroatoms. The minimum absolute atomic E-state index is 0.0637. The fraction of sp³-hybridized carbons (Fsp3) is 0.208. The number of aryl methyl sites for hydroxylation is 1. The van der Waals surface area contributed by atoms with Crippen LogP contribution in [0.2, 0.25) is 0 Å². The van der Waals surface area contributed by atoms with E-state index in [1.54, 1.807) is 0 Å². The first-order valence-electron chi connectivity index (χ1n) is 9.88. The zero-order valence-electron chi connectivity index (χ0n) is 16.5. The summed E-state index contributed by atoms with van der Waals surface area (Å²) < 4.78 is 5.79. The fourth-order valence-corrected chi connectivity index (χ4v) is 3.50. The third-order valence-corrected chi connectivity index (χ3v) is 5.11. The lowest BCUT2D eigenvalue weighted by Crippen LogP contribution is -2.50. The van der Waals surface area contributed by atoms with Gasteiger partial charge in [-0.3, -0.25) is 0 Å². The van der Waals surface area contributed by atoms with E-state index >= 15 is 0 Å². The van der Waals surface area contributed by atoms with E-state index in [4.69, 9.17) is 4.74 Å². The van der Waals surface area contributed by atoms with Crippen molar-refractivity contribution < 1.29 is 9.53 Å². The van der Waals surface area contributed by atoms with Crippen molar-refractivity contribution in [3.8, 4) is 11.5 Å². The molecule has 1 aliphatic heterocycles. The number of carbonyl (C=O) groups is 1. The second kappa shape index (κ2) is 8.69. The average molecular weight is 387 g/mol. The van der Waals surface area contributed by atoms with Crippen molar-refractivity contribution in [2.24, 2.45) is 0 Å². The zero-order chi connectivity index (χ0) is 20.1. The number of amides is 2. The monoisotopic (exact) mass is 387 g/mol. The minimum Gasteiger partial charge on any atom is -0.457 e. The molecule has 0 atom stereocenters. The number of urea groups is 1. The Bertz CT molecular complexity index is 949. The molecule has 0 bridgehead atoms. The third kappa shape index (κ3) is 4.69. The van der Waals surface area contributed by atoms with Gasteiger partial charge in [-0.15, -0.1) is 0 Å². The summed E-state index contributed by atoms with van der Waals surface area (Å²) in [6.45, 7) is 5.20. The molecule has 4 rings (SSSR count). The van der Waals surface area contributed by atoms with Gasteiger partial charge in [0.05, 0.1) is 0 Å². The number of nitrogens with one attached hydrogen (secondary N) is 1. The minimum atomic E-state index is -0.0637. The molecule has 148 valence electrons. The normalized spacial score (nSPS) is 13.8. The average Bonchev–Trinajstić information content (AvgIpc) is 2.76. The Labute approximate surface area is 171 Å². The van der Waals surface area contributed by atoms with Gasteiger partial charge in [0.1, 0.15) is 11.5 Å². The van der Waals surface area contributed by atoms with E-state index in [9.17, 15) is 4.79 Å². The van der Waals surface area contributed by atoms with Crippen molar-refractivity contribution in [1.82, 2.24) is 4.90 Å². The summed E-state index contributed by atoms with van der Waals surface area (Å²) in [5, 5.41) is 2.98.